The van der Waals surface area contributed by atoms with Crippen molar-refractivity contribution in [2.24, 2.45) is 0 Å². The van der Waals surface area contributed by atoms with Crippen LogP contribution in [0.4, 0.5) is 5.69 Å². The third kappa shape index (κ3) is 4.58. The van der Waals surface area contributed by atoms with E-state index in [1.54, 1.807) is 7.11 Å². The van der Waals surface area contributed by atoms with Crippen LogP contribution in [-0.2, 0) is 11.2 Å². The lowest BCUT2D eigenvalue weighted by Crippen LogP contribution is -2.41. The van der Waals surface area contributed by atoms with Crippen molar-refractivity contribution in [3.63, 3.8) is 0 Å². The van der Waals surface area contributed by atoms with Gasteiger partial charge in [-0.15, -0.1) is 0 Å². The van der Waals surface area contributed by atoms with Gasteiger partial charge in [0.25, 0.3) is 0 Å². The molecular weight excluding hydrogens is 434 g/mol. The lowest BCUT2D eigenvalue weighted by Gasteiger charge is -2.38. The number of aryl methyl sites for hydroxylation is 2. The number of rotatable bonds is 6. The normalized spacial score (nSPS) is 16.4. The topological polar surface area (TPSA) is 38.8 Å². The second-order valence-corrected chi connectivity index (χ2v) is 9.14. The van der Waals surface area contributed by atoms with Gasteiger partial charge in [-0.3, -0.25) is 4.79 Å². The number of carbonyl (C=O) groups is 1. The maximum atomic E-state index is 13.5. The molecule has 4 rings (SSSR count). The fraction of sp³-hybridized carbons (Fsp3) is 0.321. The zero-order valence-electron chi connectivity index (χ0n) is 19.8. The van der Waals surface area contributed by atoms with E-state index in [4.69, 9.17) is 21.1 Å². The number of anilines is 1. The molecule has 1 aliphatic heterocycles. The van der Waals surface area contributed by atoms with Gasteiger partial charge >= 0.3 is 0 Å². The molecule has 5 heteroatoms. The fourth-order valence-corrected chi connectivity index (χ4v) is 4.38. The van der Waals surface area contributed by atoms with E-state index in [1.807, 2.05) is 54.3 Å². The molecule has 0 aromatic heterocycles. The smallest absolute Gasteiger partial charge is 0.232 e. The second kappa shape index (κ2) is 9.48. The molecule has 0 fully saturated rings. The largest absolute Gasteiger partial charge is 0.493 e. The predicted octanol–water partition coefficient (Wildman–Crippen LogP) is 6.82. The van der Waals surface area contributed by atoms with E-state index in [2.05, 4.69) is 32.9 Å². The van der Waals surface area contributed by atoms with Crippen molar-refractivity contribution in [1.29, 1.82) is 0 Å². The summed E-state index contributed by atoms with van der Waals surface area (Å²) >= 11 is 6.19. The maximum absolute atomic E-state index is 13.5. The number of benzene rings is 3. The van der Waals surface area contributed by atoms with Crippen LogP contribution < -0.4 is 14.4 Å². The maximum Gasteiger partial charge on any atom is 0.232 e. The van der Waals surface area contributed by atoms with Gasteiger partial charge in [-0.05, 0) is 91.4 Å². The lowest BCUT2D eigenvalue weighted by molar-refractivity contribution is -0.118. The molecule has 0 radical (unpaired) electrons. The van der Waals surface area contributed by atoms with E-state index in [-0.39, 0.29) is 18.1 Å². The minimum atomic E-state index is -0.300. The zero-order valence-corrected chi connectivity index (χ0v) is 20.6. The molecule has 2 unspecified atom stereocenters. The standard InChI is InChI=1S/C28H30ClNO3/c1-6-19(4)33-26-16-24-21(14-25(26)32-5)15-27(31)30(23-12-7-17(2)18(3)13-23)28(24)20-8-10-22(29)11-9-20/h7-14,16,19,28H,6,15H2,1-5H3. The van der Waals surface area contributed by atoms with Crippen LogP contribution in [0.2, 0.25) is 5.02 Å². The van der Waals surface area contributed by atoms with Crippen LogP contribution >= 0.6 is 11.6 Å². The summed E-state index contributed by atoms with van der Waals surface area (Å²) in [5.41, 5.74) is 6.21. The summed E-state index contributed by atoms with van der Waals surface area (Å²) < 4.78 is 11.8. The number of ether oxygens (including phenoxy) is 2. The Labute approximate surface area is 201 Å². The van der Waals surface area contributed by atoms with Gasteiger partial charge in [-0.2, -0.15) is 0 Å². The Kier molecular flexibility index (Phi) is 6.66. The Bertz CT molecular complexity index is 1170. The summed E-state index contributed by atoms with van der Waals surface area (Å²) in [4.78, 5) is 15.4. The van der Waals surface area contributed by atoms with Gasteiger partial charge in [0.15, 0.2) is 11.5 Å². The Balaban J connectivity index is 1.92. The Hall–Kier alpha value is -2.98. The highest BCUT2D eigenvalue weighted by atomic mass is 35.5. The number of hydrogen-bond donors (Lipinski definition) is 0. The molecule has 33 heavy (non-hydrogen) atoms. The first-order valence-electron chi connectivity index (χ1n) is 11.3. The molecule has 3 aromatic rings. The molecule has 1 aliphatic rings. The first-order chi connectivity index (χ1) is 15.8. The average Bonchev–Trinajstić information content (AvgIpc) is 2.80. The molecule has 4 nitrogen and oxygen atoms in total. The number of halogens is 1. The van der Waals surface area contributed by atoms with Crippen molar-refractivity contribution < 1.29 is 14.3 Å². The van der Waals surface area contributed by atoms with Crippen LogP contribution in [0, 0.1) is 13.8 Å². The van der Waals surface area contributed by atoms with Crippen molar-refractivity contribution in [1.82, 2.24) is 0 Å². The highest BCUT2D eigenvalue weighted by molar-refractivity contribution is 6.30. The molecule has 0 spiro atoms. The highest BCUT2D eigenvalue weighted by Crippen LogP contribution is 2.44. The average molecular weight is 464 g/mol. The van der Waals surface area contributed by atoms with Crippen LogP contribution in [0.3, 0.4) is 0 Å². The van der Waals surface area contributed by atoms with Gasteiger partial charge in [-0.1, -0.05) is 36.7 Å². The van der Waals surface area contributed by atoms with Gasteiger partial charge in [0, 0.05) is 10.7 Å². The van der Waals surface area contributed by atoms with Crippen LogP contribution in [-0.4, -0.2) is 19.1 Å². The Morgan fingerprint density at radius 3 is 2.39 bits per heavy atom. The van der Waals surface area contributed by atoms with Crippen molar-refractivity contribution in [3.8, 4) is 11.5 Å². The molecular formula is C28H30ClNO3. The summed E-state index contributed by atoms with van der Waals surface area (Å²) in [5, 5.41) is 0.661. The van der Waals surface area contributed by atoms with Crippen molar-refractivity contribution in [3.05, 3.63) is 87.4 Å². The third-order valence-electron chi connectivity index (χ3n) is 6.45. The summed E-state index contributed by atoms with van der Waals surface area (Å²) in [6.07, 6.45) is 1.23. The van der Waals surface area contributed by atoms with E-state index in [9.17, 15) is 4.79 Å². The van der Waals surface area contributed by atoms with Crippen LogP contribution in [0.1, 0.15) is 54.1 Å². The monoisotopic (exact) mass is 463 g/mol. The number of hydrogen-bond acceptors (Lipinski definition) is 3. The lowest BCUT2D eigenvalue weighted by atomic mass is 9.86. The summed E-state index contributed by atoms with van der Waals surface area (Å²) in [6.45, 7) is 8.28. The fourth-order valence-electron chi connectivity index (χ4n) is 4.25. The zero-order chi connectivity index (χ0) is 23.7. The highest BCUT2D eigenvalue weighted by Gasteiger charge is 2.36. The molecule has 1 amide bonds. The third-order valence-corrected chi connectivity index (χ3v) is 6.70. The number of fused-ring (bicyclic) bond motifs is 1. The summed E-state index contributed by atoms with van der Waals surface area (Å²) in [5.74, 6) is 1.39. The molecule has 0 saturated heterocycles. The van der Waals surface area contributed by atoms with Gasteiger partial charge in [0.2, 0.25) is 5.91 Å². The number of carbonyl (C=O) groups excluding carboxylic acids is 1. The minimum Gasteiger partial charge on any atom is -0.493 e. The summed E-state index contributed by atoms with van der Waals surface area (Å²) in [6, 6.07) is 17.6. The van der Waals surface area contributed by atoms with E-state index in [0.29, 0.717) is 22.9 Å². The van der Waals surface area contributed by atoms with E-state index in [0.717, 1.165) is 34.4 Å². The molecule has 0 N–H and O–H groups in total. The number of methoxy groups -OCH3 is 1. The Morgan fingerprint density at radius 2 is 1.76 bits per heavy atom. The van der Waals surface area contributed by atoms with Crippen molar-refractivity contribution in [2.75, 3.05) is 12.0 Å². The number of amides is 1. The molecule has 3 aromatic carbocycles. The summed E-state index contributed by atoms with van der Waals surface area (Å²) in [7, 11) is 1.63. The Morgan fingerprint density at radius 1 is 1.03 bits per heavy atom. The number of nitrogens with zero attached hydrogens (tertiary/aromatic N) is 1. The quantitative estimate of drug-likeness (QED) is 0.402. The molecule has 0 aliphatic carbocycles. The van der Waals surface area contributed by atoms with Crippen LogP contribution in [0.15, 0.2) is 54.6 Å². The first-order valence-corrected chi connectivity index (χ1v) is 11.7. The molecule has 2 atom stereocenters. The van der Waals surface area contributed by atoms with E-state index < -0.39 is 0 Å². The van der Waals surface area contributed by atoms with Crippen LogP contribution in [0.5, 0.6) is 11.5 Å². The molecule has 1 heterocycles. The second-order valence-electron chi connectivity index (χ2n) is 8.70. The SMILES string of the molecule is CCC(C)Oc1cc2c(cc1OC)CC(=O)N(c1ccc(C)c(C)c1)C2c1ccc(Cl)cc1. The van der Waals surface area contributed by atoms with Gasteiger partial charge < -0.3 is 14.4 Å². The predicted molar refractivity (Wildman–Crippen MR) is 134 cm³/mol. The first kappa shape index (κ1) is 23.2. The molecule has 0 saturated carbocycles. The van der Waals surface area contributed by atoms with Gasteiger partial charge in [-0.25, -0.2) is 0 Å². The molecule has 172 valence electrons. The van der Waals surface area contributed by atoms with Gasteiger partial charge in [0.05, 0.1) is 25.7 Å². The van der Waals surface area contributed by atoms with E-state index in [1.165, 1.54) is 5.56 Å². The van der Waals surface area contributed by atoms with Crippen molar-refractivity contribution >= 4 is 23.2 Å². The minimum absolute atomic E-state index is 0.0448. The van der Waals surface area contributed by atoms with Gasteiger partial charge in [0.1, 0.15) is 0 Å². The molecule has 0 bridgehead atoms. The van der Waals surface area contributed by atoms with Crippen molar-refractivity contribution in [2.45, 2.75) is 52.7 Å². The van der Waals surface area contributed by atoms with E-state index >= 15 is 0 Å². The van der Waals surface area contributed by atoms with Crippen LogP contribution in [0.25, 0.3) is 0 Å².